The Kier molecular flexibility index (Phi) is 3.32. The highest BCUT2D eigenvalue weighted by molar-refractivity contribution is 6.00. The Labute approximate surface area is 106 Å². The predicted molar refractivity (Wildman–Crippen MR) is 69.1 cm³/mol. The molecule has 1 atom stereocenters. The zero-order valence-electron chi connectivity index (χ0n) is 10.5. The first-order chi connectivity index (χ1) is 8.50. The van der Waals surface area contributed by atoms with Crippen LogP contribution in [0.2, 0.25) is 0 Å². The maximum absolute atomic E-state index is 11.7. The van der Waals surface area contributed by atoms with Gasteiger partial charge in [-0.3, -0.25) is 14.9 Å². The summed E-state index contributed by atoms with van der Waals surface area (Å²) in [6, 6.07) is 4.91. The standard InChI is InChI=1S/C13H16N2O3/c1-9-4-3-7-14(9)13-6-5-11(15(17)18)8-12(13)10(2)16/h5-6,8-9H,3-4,7H2,1-2H3. The van der Waals surface area contributed by atoms with E-state index in [-0.39, 0.29) is 11.5 Å². The van der Waals surface area contributed by atoms with Gasteiger partial charge in [0.25, 0.3) is 5.69 Å². The molecule has 0 bridgehead atoms. The molecule has 18 heavy (non-hydrogen) atoms. The molecule has 1 aliphatic rings. The normalized spacial score (nSPS) is 19.0. The van der Waals surface area contributed by atoms with E-state index in [4.69, 9.17) is 0 Å². The summed E-state index contributed by atoms with van der Waals surface area (Å²) in [6.07, 6.45) is 2.18. The molecule has 0 radical (unpaired) electrons. The number of nitrogens with zero attached hydrogens (tertiary/aromatic N) is 2. The van der Waals surface area contributed by atoms with Gasteiger partial charge in [0.2, 0.25) is 0 Å². The third-order valence-corrected chi connectivity index (χ3v) is 3.43. The average Bonchev–Trinajstić information content (AvgIpc) is 2.74. The Bertz CT molecular complexity index is 499. The molecule has 0 N–H and O–H groups in total. The number of benzene rings is 1. The molecule has 1 fully saturated rings. The quantitative estimate of drug-likeness (QED) is 0.468. The lowest BCUT2D eigenvalue weighted by molar-refractivity contribution is -0.384. The van der Waals surface area contributed by atoms with E-state index < -0.39 is 4.92 Å². The average molecular weight is 248 g/mol. The Morgan fingerprint density at radius 3 is 2.72 bits per heavy atom. The molecule has 1 unspecified atom stereocenters. The van der Waals surface area contributed by atoms with E-state index in [0.29, 0.717) is 11.6 Å². The van der Waals surface area contributed by atoms with Gasteiger partial charge in [0, 0.05) is 36.0 Å². The van der Waals surface area contributed by atoms with Crippen LogP contribution in [0.4, 0.5) is 11.4 Å². The lowest BCUT2D eigenvalue weighted by atomic mass is 10.1. The van der Waals surface area contributed by atoms with Crippen LogP contribution in [-0.4, -0.2) is 23.3 Å². The fourth-order valence-electron chi connectivity index (χ4n) is 2.46. The van der Waals surface area contributed by atoms with E-state index in [1.54, 1.807) is 6.07 Å². The molecular formula is C13H16N2O3. The van der Waals surface area contributed by atoms with E-state index >= 15 is 0 Å². The summed E-state index contributed by atoms with van der Waals surface area (Å²) < 4.78 is 0. The molecule has 1 aromatic rings. The smallest absolute Gasteiger partial charge is 0.270 e. The molecular weight excluding hydrogens is 232 g/mol. The summed E-state index contributed by atoms with van der Waals surface area (Å²) in [7, 11) is 0. The van der Waals surface area contributed by atoms with Crippen LogP contribution in [0, 0.1) is 10.1 Å². The zero-order chi connectivity index (χ0) is 13.3. The fraction of sp³-hybridized carbons (Fsp3) is 0.462. The lowest BCUT2D eigenvalue weighted by Crippen LogP contribution is -2.27. The minimum atomic E-state index is -0.469. The number of non-ortho nitro benzene ring substituents is 1. The number of Topliss-reactive ketones (excluding diaryl/α,β-unsaturated/α-hetero) is 1. The summed E-state index contributed by atoms with van der Waals surface area (Å²) in [5.74, 6) is -0.132. The molecule has 0 aliphatic carbocycles. The van der Waals surface area contributed by atoms with Gasteiger partial charge in [-0.2, -0.15) is 0 Å². The van der Waals surface area contributed by atoms with Gasteiger partial charge in [-0.05, 0) is 32.8 Å². The number of rotatable bonds is 3. The predicted octanol–water partition coefficient (Wildman–Crippen LogP) is 2.79. The Morgan fingerprint density at radius 2 is 2.22 bits per heavy atom. The van der Waals surface area contributed by atoms with Crippen LogP contribution in [0.5, 0.6) is 0 Å². The van der Waals surface area contributed by atoms with Crippen molar-refractivity contribution in [1.29, 1.82) is 0 Å². The van der Waals surface area contributed by atoms with Crippen LogP contribution < -0.4 is 4.90 Å². The van der Waals surface area contributed by atoms with Gasteiger partial charge in [-0.15, -0.1) is 0 Å². The number of nitro groups is 1. The maximum atomic E-state index is 11.7. The summed E-state index contributed by atoms with van der Waals surface area (Å²) in [4.78, 5) is 24.1. The number of hydrogen-bond donors (Lipinski definition) is 0. The second-order valence-electron chi connectivity index (χ2n) is 4.70. The minimum absolute atomic E-state index is 0.0317. The minimum Gasteiger partial charge on any atom is -0.368 e. The van der Waals surface area contributed by atoms with Crippen LogP contribution in [-0.2, 0) is 0 Å². The third-order valence-electron chi connectivity index (χ3n) is 3.43. The molecule has 0 amide bonds. The Balaban J connectivity index is 2.46. The molecule has 2 rings (SSSR count). The van der Waals surface area contributed by atoms with Gasteiger partial charge in [0.15, 0.2) is 5.78 Å². The van der Waals surface area contributed by atoms with Crippen molar-refractivity contribution >= 4 is 17.2 Å². The van der Waals surface area contributed by atoms with Crippen LogP contribution >= 0.6 is 0 Å². The van der Waals surface area contributed by atoms with Gasteiger partial charge < -0.3 is 4.90 Å². The second kappa shape index (κ2) is 4.76. The summed E-state index contributed by atoms with van der Waals surface area (Å²) in [5, 5.41) is 10.8. The van der Waals surface area contributed by atoms with E-state index in [1.165, 1.54) is 19.1 Å². The molecule has 1 aliphatic heterocycles. The molecule has 1 heterocycles. The van der Waals surface area contributed by atoms with E-state index in [0.717, 1.165) is 25.1 Å². The van der Waals surface area contributed by atoms with E-state index in [2.05, 4.69) is 11.8 Å². The summed E-state index contributed by atoms with van der Waals surface area (Å²) in [6.45, 7) is 4.46. The van der Waals surface area contributed by atoms with E-state index in [9.17, 15) is 14.9 Å². The van der Waals surface area contributed by atoms with Gasteiger partial charge in [0.05, 0.1) is 4.92 Å². The van der Waals surface area contributed by atoms with Crippen molar-refractivity contribution in [2.75, 3.05) is 11.4 Å². The van der Waals surface area contributed by atoms with Crippen LogP contribution in [0.25, 0.3) is 0 Å². The summed E-state index contributed by atoms with van der Waals surface area (Å²) >= 11 is 0. The van der Waals surface area contributed by atoms with Gasteiger partial charge in [-0.1, -0.05) is 0 Å². The van der Waals surface area contributed by atoms with Gasteiger partial charge in [-0.25, -0.2) is 0 Å². The fourth-order valence-corrected chi connectivity index (χ4v) is 2.46. The number of anilines is 1. The number of nitro benzene ring substituents is 1. The first-order valence-corrected chi connectivity index (χ1v) is 6.06. The first-order valence-electron chi connectivity index (χ1n) is 6.06. The van der Waals surface area contributed by atoms with Crippen LogP contribution in [0.3, 0.4) is 0 Å². The zero-order valence-corrected chi connectivity index (χ0v) is 10.5. The Hall–Kier alpha value is -1.91. The molecule has 1 aromatic carbocycles. The molecule has 5 heteroatoms. The summed E-state index contributed by atoms with van der Waals surface area (Å²) in [5.41, 5.74) is 1.23. The van der Waals surface area contributed by atoms with Crippen molar-refractivity contribution in [1.82, 2.24) is 0 Å². The topological polar surface area (TPSA) is 63.4 Å². The molecule has 1 saturated heterocycles. The largest absolute Gasteiger partial charge is 0.368 e. The number of carbonyl (C=O) groups excluding carboxylic acids is 1. The van der Waals surface area contributed by atoms with E-state index in [1.807, 2.05) is 0 Å². The van der Waals surface area contributed by atoms with Crippen molar-refractivity contribution in [3.63, 3.8) is 0 Å². The molecule has 96 valence electrons. The second-order valence-corrected chi connectivity index (χ2v) is 4.70. The monoisotopic (exact) mass is 248 g/mol. The first kappa shape index (κ1) is 12.5. The number of ketones is 1. The molecule has 0 aromatic heterocycles. The van der Waals surface area contributed by atoms with Crippen LogP contribution in [0.15, 0.2) is 18.2 Å². The maximum Gasteiger partial charge on any atom is 0.270 e. The highest BCUT2D eigenvalue weighted by atomic mass is 16.6. The van der Waals surface area contributed by atoms with Gasteiger partial charge >= 0.3 is 0 Å². The molecule has 0 saturated carbocycles. The molecule has 5 nitrogen and oxygen atoms in total. The highest BCUT2D eigenvalue weighted by Crippen LogP contribution is 2.31. The highest BCUT2D eigenvalue weighted by Gasteiger charge is 2.25. The van der Waals surface area contributed by atoms with Crippen molar-refractivity contribution in [2.24, 2.45) is 0 Å². The van der Waals surface area contributed by atoms with Crippen molar-refractivity contribution in [2.45, 2.75) is 32.7 Å². The van der Waals surface area contributed by atoms with Crippen LogP contribution in [0.1, 0.15) is 37.0 Å². The lowest BCUT2D eigenvalue weighted by Gasteiger charge is -2.25. The number of carbonyl (C=O) groups is 1. The number of hydrogen-bond acceptors (Lipinski definition) is 4. The van der Waals surface area contributed by atoms with Gasteiger partial charge in [0.1, 0.15) is 0 Å². The van der Waals surface area contributed by atoms with Crippen molar-refractivity contribution in [3.8, 4) is 0 Å². The third kappa shape index (κ3) is 2.20. The Morgan fingerprint density at radius 1 is 1.50 bits per heavy atom. The van der Waals surface area contributed by atoms with Crippen molar-refractivity contribution in [3.05, 3.63) is 33.9 Å². The molecule has 0 spiro atoms. The van der Waals surface area contributed by atoms with Crippen molar-refractivity contribution < 1.29 is 9.72 Å². The SMILES string of the molecule is CC(=O)c1cc([N+](=O)[O-])ccc1N1CCCC1C.